The zero-order chi connectivity index (χ0) is 12.8. The lowest BCUT2D eigenvalue weighted by Crippen LogP contribution is -2.02. The molecule has 90 valence electrons. The molecular formula is C15H14N2O. The van der Waals surface area contributed by atoms with Crippen LogP contribution in [-0.4, -0.2) is 5.11 Å². The first-order valence-electron chi connectivity index (χ1n) is 5.75. The Morgan fingerprint density at radius 2 is 1.94 bits per heavy atom. The number of aliphatic hydroxyl groups excluding tert-OH is 1. The molecule has 18 heavy (non-hydrogen) atoms. The molecule has 2 aromatic rings. The number of para-hydroxylation sites is 1. The number of benzene rings is 2. The van der Waals surface area contributed by atoms with E-state index in [-0.39, 0.29) is 6.61 Å². The molecular weight excluding hydrogens is 224 g/mol. The minimum absolute atomic E-state index is 0.0153. The fraction of sp³-hybridized carbons (Fsp3) is 0.133. The summed E-state index contributed by atoms with van der Waals surface area (Å²) in [6, 6.07) is 17.2. The lowest BCUT2D eigenvalue weighted by atomic mass is 10.1. The van der Waals surface area contributed by atoms with Gasteiger partial charge in [0.05, 0.1) is 18.2 Å². The van der Waals surface area contributed by atoms with E-state index in [1.54, 1.807) is 6.07 Å². The average molecular weight is 238 g/mol. The minimum Gasteiger partial charge on any atom is -0.392 e. The van der Waals surface area contributed by atoms with Gasteiger partial charge in [-0.2, -0.15) is 5.26 Å². The first kappa shape index (κ1) is 12.2. The number of nitriles is 1. The number of anilines is 1. The van der Waals surface area contributed by atoms with Gasteiger partial charge in [-0.1, -0.05) is 30.3 Å². The zero-order valence-electron chi connectivity index (χ0n) is 9.93. The molecule has 0 spiro atoms. The second-order valence-electron chi connectivity index (χ2n) is 3.98. The maximum atomic E-state index is 9.21. The molecule has 0 unspecified atom stereocenters. The van der Waals surface area contributed by atoms with Crippen molar-refractivity contribution in [3.8, 4) is 6.07 Å². The summed E-state index contributed by atoms with van der Waals surface area (Å²) in [5, 5.41) is 21.3. The normalized spacial score (nSPS) is 9.78. The Balaban J connectivity index is 2.09. The van der Waals surface area contributed by atoms with E-state index in [1.807, 2.05) is 42.5 Å². The number of rotatable bonds is 4. The van der Waals surface area contributed by atoms with Crippen molar-refractivity contribution in [2.45, 2.75) is 13.2 Å². The van der Waals surface area contributed by atoms with Crippen molar-refractivity contribution in [2.75, 3.05) is 5.32 Å². The summed E-state index contributed by atoms with van der Waals surface area (Å²) in [5.41, 5.74) is 3.49. The quantitative estimate of drug-likeness (QED) is 0.861. The molecule has 0 heterocycles. The lowest BCUT2D eigenvalue weighted by Gasteiger charge is -2.10. The second kappa shape index (κ2) is 5.85. The van der Waals surface area contributed by atoms with Crippen LogP contribution in [0.1, 0.15) is 16.7 Å². The van der Waals surface area contributed by atoms with Gasteiger partial charge >= 0.3 is 0 Å². The highest BCUT2D eigenvalue weighted by Crippen LogP contribution is 2.16. The maximum absolute atomic E-state index is 9.21. The molecule has 0 aliphatic heterocycles. The molecule has 0 aromatic heterocycles. The molecule has 0 aliphatic rings. The molecule has 0 saturated carbocycles. The monoisotopic (exact) mass is 238 g/mol. The first-order valence-corrected chi connectivity index (χ1v) is 5.75. The van der Waals surface area contributed by atoms with Gasteiger partial charge in [0, 0.05) is 17.8 Å². The standard InChI is InChI=1S/C15H14N2O/c16-9-12-4-3-5-13(8-12)10-17-15-7-2-1-6-14(15)11-18/h1-8,17-18H,10-11H2. The van der Waals surface area contributed by atoms with Gasteiger partial charge in [0.2, 0.25) is 0 Å². The van der Waals surface area contributed by atoms with Gasteiger partial charge in [0.15, 0.2) is 0 Å². The predicted octanol–water partition coefficient (Wildman–Crippen LogP) is 2.66. The van der Waals surface area contributed by atoms with Gasteiger partial charge in [0.25, 0.3) is 0 Å². The van der Waals surface area contributed by atoms with E-state index in [2.05, 4.69) is 11.4 Å². The van der Waals surface area contributed by atoms with Crippen molar-refractivity contribution < 1.29 is 5.11 Å². The van der Waals surface area contributed by atoms with Crippen LogP contribution in [0.15, 0.2) is 48.5 Å². The third-order valence-corrected chi connectivity index (χ3v) is 2.73. The van der Waals surface area contributed by atoms with Crippen molar-refractivity contribution in [3.63, 3.8) is 0 Å². The smallest absolute Gasteiger partial charge is 0.0991 e. The summed E-state index contributed by atoms with van der Waals surface area (Å²) in [5.74, 6) is 0. The third kappa shape index (κ3) is 2.88. The van der Waals surface area contributed by atoms with Crippen molar-refractivity contribution in [2.24, 2.45) is 0 Å². The summed E-state index contributed by atoms with van der Waals surface area (Å²) < 4.78 is 0. The van der Waals surface area contributed by atoms with Gasteiger partial charge < -0.3 is 10.4 Å². The fourth-order valence-corrected chi connectivity index (χ4v) is 1.78. The van der Waals surface area contributed by atoms with Crippen molar-refractivity contribution >= 4 is 5.69 Å². The Morgan fingerprint density at radius 3 is 2.72 bits per heavy atom. The highest BCUT2D eigenvalue weighted by molar-refractivity contribution is 5.51. The highest BCUT2D eigenvalue weighted by atomic mass is 16.3. The SMILES string of the molecule is N#Cc1cccc(CNc2ccccc2CO)c1. The number of aliphatic hydroxyl groups is 1. The molecule has 0 atom stereocenters. The maximum Gasteiger partial charge on any atom is 0.0991 e. The molecule has 0 radical (unpaired) electrons. The van der Waals surface area contributed by atoms with Crippen molar-refractivity contribution in [1.29, 1.82) is 5.26 Å². The average Bonchev–Trinajstić information content (AvgIpc) is 2.45. The number of hydrogen-bond acceptors (Lipinski definition) is 3. The summed E-state index contributed by atoms with van der Waals surface area (Å²) >= 11 is 0. The summed E-state index contributed by atoms with van der Waals surface area (Å²) in [6.45, 7) is 0.647. The molecule has 2 N–H and O–H groups in total. The van der Waals surface area contributed by atoms with Crippen LogP contribution in [0.5, 0.6) is 0 Å². The molecule has 3 heteroatoms. The molecule has 0 amide bonds. The number of nitrogens with zero attached hydrogens (tertiary/aromatic N) is 1. The predicted molar refractivity (Wildman–Crippen MR) is 70.8 cm³/mol. The number of nitrogens with one attached hydrogen (secondary N) is 1. The van der Waals surface area contributed by atoms with Crippen LogP contribution in [0.3, 0.4) is 0 Å². The molecule has 0 bridgehead atoms. The highest BCUT2D eigenvalue weighted by Gasteiger charge is 2.00. The minimum atomic E-state index is 0.0153. The molecule has 2 aromatic carbocycles. The Labute approximate surface area is 106 Å². The Morgan fingerprint density at radius 1 is 1.11 bits per heavy atom. The van der Waals surface area contributed by atoms with Crippen LogP contribution in [-0.2, 0) is 13.2 Å². The van der Waals surface area contributed by atoms with Gasteiger partial charge in [0.1, 0.15) is 0 Å². The third-order valence-electron chi connectivity index (χ3n) is 2.73. The lowest BCUT2D eigenvalue weighted by molar-refractivity contribution is 0.282. The second-order valence-corrected chi connectivity index (χ2v) is 3.98. The Hall–Kier alpha value is -2.31. The largest absolute Gasteiger partial charge is 0.392 e. The van der Waals surface area contributed by atoms with Crippen molar-refractivity contribution in [1.82, 2.24) is 0 Å². The molecule has 0 fully saturated rings. The Kier molecular flexibility index (Phi) is 3.95. The molecule has 0 aliphatic carbocycles. The van der Waals surface area contributed by atoms with Crippen LogP contribution >= 0.6 is 0 Å². The van der Waals surface area contributed by atoms with Crippen LogP contribution < -0.4 is 5.32 Å². The van der Waals surface area contributed by atoms with Crippen LogP contribution in [0, 0.1) is 11.3 Å². The van der Waals surface area contributed by atoms with Crippen LogP contribution in [0.4, 0.5) is 5.69 Å². The summed E-state index contributed by atoms with van der Waals surface area (Å²) in [7, 11) is 0. The van der Waals surface area contributed by atoms with Gasteiger partial charge in [-0.15, -0.1) is 0 Å². The topological polar surface area (TPSA) is 56.0 Å². The Bertz CT molecular complexity index is 573. The van der Waals surface area contributed by atoms with Crippen LogP contribution in [0.25, 0.3) is 0 Å². The first-order chi connectivity index (χ1) is 8.83. The summed E-state index contributed by atoms with van der Waals surface area (Å²) in [4.78, 5) is 0. The van der Waals surface area contributed by atoms with E-state index in [0.717, 1.165) is 16.8 Å². The van der Waals surface area contributed by atoms with Crippen LogP contribution in [0.2, 0.25) is 0 Å². The van der Waals surface area contributed by atoms with E-state index >= 15 is 0 Å². The molecule has 2 rings (SSSR count). The van der Waals surface area contributed by atoms with Gasteiger partial charge in [-0.25, -0.2) is 0 Å². The van der Waals surface area contributed by atoms with E-state index in [4.69, 9.17) is 5.26 Å². The van der Waals surface area contributed by atoms with E-state index < -0.39 is 0 Å². The van der Waals surface area contributed by atoms with E-state index in [0.29, 0.717) is 12.1 Å². The molecule has 3 nitrogen and oxygen atoms in total. The van der Waals surface area contributed by atoms with Gasteiger partial charge in [-0.05, 0) is 23.8 Å². The fourth-order valence-electron chi connectivity index (χ4n) is 1.78. The van der Waals surface area contributed by atoms with Crippen molar-refractivity contribution in [3.05, 3.63) is 65.2 Å². The zero-order valence-corrected chi connectivity index (χ0v) is 9.93. The number of hydrogen-bond donors (Lipinski definition) is 2. The van der Waals surface area contributed by atoms with Gasteiger partial charge in [-0.3, -0.25) is 0 Å². The van der Waals surface area contributed by atoms with E-state index in [9.17, 15) is 5.11 Å². The summed E-state index contributed by atoms with van der Waals surface area (Å²) in [6.07, 6.45) is 0. The van der Waals surface area contributed by atoms with E-state index in [1.165, 1.54) is 0 Å². The molecule has 0 saturated heterocycles.